The molecule has 12 nitrogen and oxygen atoms in total. The van der Waals surface area contributed by atoms with E-state index >= 15 is 0 Å². The van der Waals surface area contributed by atoms with Crippen molar-refractivity contribution in [2.45, 2.75) is 95.3 Å². The predicted molar refractivity (Wildman–Crippen MR) is 160 cm³/mol. The van der Waals surface area contributed by atoms with Crippen molar-refractivity contribution in [2.75, 3.05) is 18.9 Å². The van der Waals surface area contributed by atoms with E-state index < -0.39 is 29.4 Å². The molecule has 1 aromatic carbocycles. The monoisotopic (exact) mass is 600 g/mol. The maximum Gasteiger partial charge on any atom is 0.274 e. The number of carbonyl (C=O) groups excluding carboxylic acids is 4. The van der Waals surface area contributed by atoms with E-state index in [2.05, 4.69) is 27.0 Å². The zero-order chi connectivity index (χ0) is 31.4. The Bertz CT molecular complexity index is 1530. The maximum absolute atomic E-state index is 14.4. The highest BCUT2D eigenvalue weighted by Gasteiger charge is 2.57. The summed E-state index contributed by atoms with van der Waals surface area (Å²) in [6, 6.07) is 7.32. The van der Waals surface area contributed by atoms with Gasteiger partial charge >= 0.3 is 0 Å². The quantitative estimate of drug-likeness (QED) is 0.449. The van der Waals surface area contributed by atoms with Crippen LogP contribution in [0.1, 0.15) is 87.8 Å². The summed E-state index contributed by atoms with van der Waals surface area (Å²) in [5, 5.41) is 24.0. The molecule has 1 saturated heterocycles. The molecule has 44 heavy (non-hydrogen) atoms. The van der Waals surface area contributed by atoms with Crippen molar-refractivity contribution in [2.24, 2.45) is 11.3 Å². The van der Waals surface area contributed by atoms with Crippen LogP contribution in [0.3, 0.4) is 0 Å². The Morgan fingerprint density at radius 1 is 1.20 bits per heavy atom. The maximum atomic E-state index is 14.4. The fourth-order valence-electron chi connectivity index (χ4n) is 6.59. The number of aromatic nitrogens is 3. The highest BCUT2D eigenvalue weighted by Crippen LogP contribution is 2.46. The molecule has 2 aliphatic carbocycles. The van der Waals surface area contributed by atoms with Gasteiger partial charge in [0.1, 0.15) is 18.1 Å². The zero-order valence-electron chi connectivity index (χ0n) is 25.7. The third kappa shape index (κ3) is 5.67. The first-order valence-corrected chi connectivity index (χ1v) is 15.5. The molecule has 12 heteroatoms. The van der Waals surface area contributed by atoms with Gasteiger partial charge in [-0.15, -0.1) is 5.10 Å². The number of amides is 4. The summed E-state index contributed by atoms with van der Waals surface area (Å²) >= 11 is 0. The Kier molecular flexibility index (Phi) is 7.46. The van der Waals surface area contributed by atoms with Crippen LogP contribution in [-0.2, 0) is 19.8 Å². The molecule has 6 rings (SSSR count). The number of nitriles is 1. The van der Waals surface area contributed by atoms with Crippen LogP contribution in [0.15, 0.2) is 30.5 Å². The molecule has 0 bridgehead atoms. The fourth-order valence-corrected chi connectivity index (χ4v) is 6.59. The van der Waals surface area contributed by atoms with E-state index in [0.717, 1.165) is 31.2 Å². The minimum atomic E-state index is -1.03. The topological polar surface area (TPSA) is 153 Å². The lowest BCUT2D eigenvalue weighted by Gasteiger charge is -2.37. The first-order valence-electron chi connectivity index (χ1n) is 15.5. The predicted octanol–water partition coefficient (Wildman–Crippen LogP) is 2.79. The molecule has 0 radical (unpaired) electrons. The number of likely N-dealkylation sites (N-methyl/N-ethyl adjacent to an activating group) is 1. The number of likely N-dealkylation sites (tertiary alicyclic amines) is 1. The van der Waals surface area contributed by atoms with Gasteiger partial charge in [0.05, 0.1) is 23.7 Å². The van der Waals surface area contributed by atoms with Gasteiger partial charge in [0.15, 0.2) is 5.69 Å². The SMILES string of the molecule is CN(C(=O)[C@H](CC1CC1)NC(=O)c1cn(C2CC2)nn1)[C@@H](CC(C)(C)C)C(=O)N1C[C@]2(C[C@H]1C#N)C(=O)Nc1ccccc12. The second kappa shape index (κ2) is 11.0. The Hall–Kier alpha value is -4.27. The Labute approximate surface area is 257 Å². The lowest BCUT2D eigenvalue weighted by molar-refractivity contribution is -0.147. The molecule has 1 spiro atoms. The second-order valence-corrected chi connectivity index (χ2v) is 14.1. The molecule has 2 saturated carbocycles. The molecule has 4 amide bonds. The molecule has 4 atom stereocenters. The van der Waals surface area contributed by atoms with E-state index in [1.165, 1.54) is 9.80 Å². The highest BCUT2D eigenvalue weighted by molar-refractivity contribution is 6.07. The number of benzene rings is 1. The summed E-state index contributed by atoms with van der Waals surface area (Å²) in [6.45, 7) is 6.03. The highest BCUT2D eigenvalue weighted by atomic mass is 16.2. The van der Waals surface area contributed by atoms with Gasteiger partial charge in [0.2, 0.25) is 17.7 Å². The lowest BCUT2D eigenvalue weighted by Crippen LogP contribution is -2.56. The third-order valence-corrected chi connectivity index (χ3v) is 9.36. The van der Waals surface area contributed by atoms with Gasteiger partial charge in [-0.3, -0.25) is 19.2 Å². The van der Waals surface area contributed by atoms with Crippen molar-refractivity contribution in [1.29, 1.82) is 5.26 Å². The second-order valence-electron chi connectivity index (χ2n) is 14.1. The molecule has 2 N–H and O–H groups in total. The first-order chi connectivity index (χ1) is 20.9. The summed E-state index contributed by atoms with van der Waals surface area (Å²) in [4.78, 5) is 58.0. The van der Waals surface area contributed by atoms with Crippen LogP contribution in [0.25, 0.3) is 0 Å². The first kappa shape index (κ1) is 29.8. The number of hydrogen-bond donors (Lipinski definition) is 2. The van der Waals surface area contributed by atoms with Gasteiger partial charge in [-0.2, -0.15) is 5.26 Å². The van der Waals surface area contributed by atoms with Gasteiger partial charge in [-0.25, -0.2) is 4.68 Å². The third-order valence-electron chi connectivity index (χ3n) is 9.36. The summed E-state index contributed by atoms with van der Waals surface area (Å²) in [7, 11) is 1.59. The number of rotatable bonds is 9. The number of fused-ring (bicyclic) bond motifs is 2. The lowest BCUT2D eigenvalue weighted by atomic mass is 9.80. The number of nitrogens with zero attached hydrogens (tertiary/aromatic N) is 6. The molecule has 3 heterocycles. The van der Waals surface area contributed by atoms with Crippen molar-refractivity contribution in [3.63, 3.8) is 0 Å². The molecule has 0 unspecified atom stereocenters. The molecule has 4 aliphatic rings. The number of carbonyl (C=O) groups is 4. The number of anilines is 1. The smallest absolute Gasteiger partial charge is 0.274 e. The average Bonchev–Trinajstić information content (AvgIpc) is 3.90. The van der Waals surface area contributed by atoms with Crippen LogP contribution in [0.5, 0.6) is 0 Å². The summed E-state index contributed by atoms with van der Waals surface area (Å²) < 4.78 is 1.69. The van der Waals surface area contributed by atoms with E-state index in [9.17, 15) is 24.4 Å². The van der Waals surface area contributed by atoms with Crippen molar-refractivity contribution >= 4 is 29.3 Å². The Morgan fingerprint density at radius 3 is 2.59 bits per heavy atom. The summed E-state index contributed by atoms with van der Waals surface area (Å²) in [5.41, 5.74) is 0.260. The van der Waals surface area contributed by atoms with Gasteiger partial charge in [-0.1, -0.05) is 57.0 Å². The minimum Gasteiger partial charge on any atom is -0.339 e. The molecule has 1 aromatic heterocycles. The van der Waals surface area contributed by atoms with Gasteiger partial charge in [0, 0.05) is 25.7 Å². The largest absolute Gasteiger partial charge is 0.339 e. The number of hydrogen-bond acceptors (Lipinski definition) is 7. The van der Waals surface area contributed by atoms with Gasteiger partial charge in [-0.05, 0) is 48.6 Å². The molecule has 3 fully saturated rings. The number of para-hydroxylation sites is 1. The van der Waals surface area contributed by atoms with E-state index in [1.54, 1.807) is 17.9 Å². The van der Waals surface area contributed by atoms with Crippen LogP contribution in [0.4, 0.5) is 5.69 Å². The number of nitrogens with one attached hydrogen (secondary N) is 2. The minimum absolute atomic E-state index is 0.0501. The fraction of sp³-hybridized carbons (Fsp3) is 0.594. The van der Waals surface area contributed by atoms with Crippen molar-refractivity contribution in [3.05, 3.63) is 41.7 Å². The van der Waals surface area contributed by atoms with E-state index in [4.69, 9.17) is 0 Å². The Morgan fingerprint density at radius 2 is 1.93 bits per heavy atom. The van der Waals surface area contributed by atoms with Crippen LogP contribution in [-0.4, -0.2) is 80.1 Å². The summed E-state index contributed by atoms with van der Waals surface area (Å²) in [6.07, 6.45) is 6.56. The molecule has 232 valence electrons. The zero-order valence-corrected chi connectivity index (χ0v) is 25.7. The van der Waals surface area contributed by atoms with Crippen LogP contribution < -0.4 is 10.6 Å². The van der Waals surface area contributed by atoms with Gasteiger partial charge in [0.25, 0.3) is 5.91 Å². The van der Waals surface area contributed by atoms with E-state index in [-0.39, 0.29) is 47.8 Å². The van der Waals surface area contributed by atoms with Crippen LogP contribution in [0.2, 0.25) is 0 Å². The van der Waals surface area contributed by atoms with Crippen LogP contribution in [0, 0.1) is 22.7 Å². The normalized spacial score (nSPS) is 23.9. The van der Waals surface area contributed by atoms with E-state index in [1.807, 2.05) is 45.0 Å². The summed E-state index contributed by atoms with van der Waals surface area (Å²) in [5.74, 6) is -1.12. The van der Waals surface area contributed by atoms with Crippen molar-refractivity contribution in [3.8, 4) is 6.07 Å². The molecular formula is C32H40N8O4. The standard InChI is InChI=1S/C32H40N8O4/c1-31(2,3)15-26(29(43)39-18-32(14-21(39)16-33)22-7-5-6-8-23(22)35-30(32)44)38(4)28(42)24(13-19-9-10-19)34-27(41)25-17-40(37-36-25)20-11-12-20/h5-8,17,19-21,24,26H,9-15,18H2,1-4H3,(H,34,41)(H,35,44)/t21-,24-,26-,32-/m0/s1. The van der Waals surface area contributed by atoms with Crippen molar-refractivity contribution < 1.29 is 19.2 Å². The molecule has 2 aromatic rings. The molecular weight excluding hydrogens is 560 g/mol. The molecule has 2 aliphatic heterocycles. The van der Waals surface area contributed by atoms with E-state index in [0.29, 0.717) is 24.4 Å². The van der Waals surface area contributed by atoms with Crippen molar-refractivity contribution in [1.82, 2.24) is 30.1 Å². The average molecular weight is 601 g/mol. The van der Waals surface area contributed by atoms with Gasteiger partial charge < -0.3 is 20.4 Å². The van der Waals surface area contributed by atoms with Crippen LogP contribution >= 0.6 is 0 Å². The Balaban J connectivity index is 1.25.